The van der Waals surface area contributed by atoms with Crippen molar-refractivity contribution in [3.63, 3.8) is 0 Å². The predicted molar refractivity (Wildman–Crippen MR) is 86.2 cm³/mol. The fraction of sp³-hybridized carbons (Fsp3) is 1.00. The molecule has 128 valence electrons. The molecule has 0 spiro atoms. The first kappa shape index (κ1) is 25.1. The van der Waals surface area contributed by atoms with Gasteiger partial charge in [0.05, 0.1) is 16.2 Å². The van der Waals surface area contributed by atoms with Gasteiger partial charge in [0, 0.05) is 5.25 Å². The average molecular weight is 344 g/mol. The molecule has 0 aliphatic rings. The monoisotopic (exact) mass is 344 g/mol. The molecule has 2 unspecified atom stereocenters. The van der Waals surface area contributed by atoms with Crippen LogP contribution in [-0.4, -0.2) is 29.4 Å². The van der Waals surface area contributed by atoms with Crippen molar-refractivity contribution < 1.29 is 47.6 Å². The van der Waals surface area contributed by atoms with Crippen LogP contribution in [0.1, 0.15) is 90.9 Å². The maximum absolute atomic E-state index is 10.7. The first-order chi connectivity index (χ1) is 9.88. The third-order valence-corrected chi connectivity index (χ3v) is 5.23. The van der Waals surface area contributed by atoms with Gasteiger partial charge in [0.2, 0.25) is 0 Å². The van der Waals surface area contributed by atoms with Gasteiger partial charge in [0.25, 0.3) is 0 Å². The first-order valence-corrected chi connectivity index (χ1v) is 9.97. The first-order valence-electron chi connectivity index (χ1n) is 8.50. The maximum Gasteiger partial charge on any atom is 1.00 e. The number of rotatable bonds is 14. The third kappa shape index (κ3) is 15.8. The molecule has 0 heterocycles. The van der Waals surface area contributed by atoms with E-state index >= 15 is 0 Å². The molecular weight excluding hydrogens is 311 g/mol. The van der Waals surface area contributed by atoms with Crippen LogP contribution in [-0.2, 0) is 10.1 Å². The van der Waals surface area contributed by atoms with Gasteiger partial charge in [-0.3, -0.25) is 0 Å². The van der Waals surface area contributed by atoms with Crippen LogP contribution in [0.2, 0.25) is 0 Å². The number of aliphatic hydroxyl groups is 1. The average Bonchev–Trinajstić information content (AvgIpc) is 2.39. The van der Waals surface area contributed by atoms with Crippen molar-refractivity contribution in [3.8, 4) is 0 Å². The third-order valence-electron chi connectivity index (χ3n) is 4.01. The van der Waals surface area contributed by atoms with Crippen molar-refractivity contribution in [1.29, 1.82) is 0 Å². The number of hydrogen-bond acceptors (Lipinski definition) is 4. The number of unbranched alkanes of at least 4 members (excludes halogenated alkanes) is 7. The molecule has 0 aromatic rings. The molecule has 6 heteroatoms. The molecular formula is C16H33NaO4S. The summed E-state index contributed by atoms with van der Waals surface area (Å²) in [5, 5.41) is 8.84. The smallest absolute Gasteiger partial charge is 0.748 e. The Morgan fingerprint density at radius 3 is 1.68 bits per heavy atom. The van der Waals surface area contributed by atoms with Crippen LogP contribution in [0.4, 0.5) is 0 Å². The Labute approximate surface area is 159 Å². The molecule has 0 aliphatic heterocycles. The molecule has 0 aliphatic carbocycles. The molecule has 0 rings (SSSR count). The Morgan fingerprint density at radius 1 is 0.864 bits per heavy atom. The van der Waals surface area contributed by atoms with Crippen LogP contribution in [0.25, 0.3) is 0 Å². The molecule has 0 aromatic carbocycles. The van der Waals surface area contributed by atoms with Crippen LogP contribution >= 0.6 is 0 Å². The molecule has 0 fully saturated rings. The summed E-state index contributed by atoms with van der Waals surface area (Å²) in [5.74, 6) is 0. The quantitative estimate of drug-likeness (QED) is 0.290. The summed E-state index contributed by atoms with van der Waals surface area (Å²) in [6.07, 6.45) is 12.1. The minimum Gasteiger partial charge on any atom is -0.748 e. The number of aliphatic hydroxyl groups excluding tert-OH is 1. The van der Waals surface area contributed by atoms with Gasteiger partial charge in [-0.25, -0.2) is 8.42 Å². The molecule has 0 radical (unpaired) electrons. The van der Waals surface area contributed by atoms with Crippen molar-refractivity contribution in [3.05, 3.63) is 0 Å². The summed E-state index contributed by atoms with van der Waals surface area (Å²) in [7, 11) is -4.09. The fourth-order valence-electron chi connectivity index (χ4n) is 2.49. The Morgan fingerprint density at radius 2 is 1.27 bits per heavy atom. The molecule has 22 heavy (non-hydrogen) atoms. The van der Waals surface area contributed by atoms with Crippen molar-refractivity contribution in [2.24, 2.45) is 0 Å². The molecule has 0 amide bonds. The van der Waals surface area contributed by atoms with E-state index in [2.05, 4.69) is 6.92 Å². The fourth-order valence-corrected chi connectivity index (χ4v) is 2.95. The van der Waals surface area contributed by atoms with E-state index in [-0.39, 0.29) is 35.7 Å². The molecule has 0 bridgehead atoms. The van der Waals surface area contributed by atoms with E-state index in [1.807, 2.05) is 0 Å². The number of hydrogen-bond donors (Lipinski definition) is 1. The zero-order chi connectivity index (χ0) is 16.1. The second-order valence-corrected chi connectivity index (χ2v) is 7.94. The Bertz CT molecular complexity index is 333. The van der Waals surface area contributed by atoms with E-state index in [4.69, 9.17) is 0 Å². The van der Waals surface area contributed by atoms with Gasteiger partial charge in [-0.2, -0.15) is 0 Å². The Kier molecular flexibility index (Phi) is 17.6. The normalized spacial score (nSPS) is 14.4. The van der Waals surface area contributed by atoms with E-state index in [0.29, 0.717) is 6.42 Å². The SMILES string of the molecule is CCCC(O)CCCCCCCCCCC(C)S(=O)(=O)[O-].[Na+]. The van der Waals surface area contributed by atoms with E-state index in [9.17, 15) is 18.1 Å². The molecule has 0 saturated heterocycles. The van der Waals surface area contributed by atoms with Gasteiger partial charge in [0.15, 0.2) is 0 Å². The van der Waals surface area contributed by atoms with Crippen LogP contribution in [0.15, 0.2) is 0 Å². The van der Waals surface area contributed by atoms with Crippen LogP contribution in [0.5, 0.6) is 0 Å². The van der Waals surface area contributed by atoms with Gasteiger partial charge in [-0.05, 0) is 26.2 Å². The predicted octanol–water partition coefficient (Wildman–Crippen LogP) is 0.986. The molecule has 4 nitrogen and oxygen atoms in total. The molecule has 2 atom stereocenters. The van der Waals surface area contributed by atoms with E-state index < -0.39 is 15.4 Å². The standard InChI is InChI=1S/C16H34O4S.Na/c1-3-12-16(17)14-11-9-7-5-4-6-8-10-13-15(2)21(18,19)20;/h15-17H,3-14H2,1-2H3,(H,18,19,20);/q;+1/p-1. The molecule has 0 saturated carbocycles. The van der Waals surface area contributed by atoms with Gasteiger partial charge >= 0.3 is 29.6 Å². The van der Waals surface area contributed by atoms with Gasteiger partial charge < -0.3 is 9.66 Å². The largest absolute Gasteiger partial charge is 1.00 e. The van der Waals surface area contributed by atoms with Crippen molar-refractivity contribution >= 4 is 10.1 Å². The van der Waals surface area contributed by atoms with Crippen LogP contribution in [0, 0.1) is 0 Å². The van der Waals surface area contributed by atoms with E-state index in [0.717, 1.165) is 44.9 Å². The topological polar surface area (TPSA) is 77.4 Å². The molecule has 0 aromatic heterocycles. The summed E-state index contributed by atoms with van der Waals surface area (Å²) in [6.45, 7) is 3.59. The summed E-state index contributed by atoms with van der Waals surface area (Å²) >= 11 is 0. The Balaban J connectivity index is 0. The van der Waals surface area contributed by atoms with E-state index in [1.165, 1.54) is 32.6 Å². The maximum atomic E-state index is 10.7. The van der Waals surface area contributed by atoms with Gasteiger partial charge in [0.1, 0.15) is 0 Å². The second kappa shape index (κ2) is 15.4. The second-order valence-electron chi connectivity index (χ2n) is 6.15. The van der Waals surface area contributed by atoms with Crippen molar-refractivity contribution in [1.82, 2.24) is 0 Å². The van der Waals surface area contributed by atoms with Crippen LogP contribution in [0.3, 0.4) is 0 Å². The summed E-state index contributed by atoms with van der Waals surface area (Å²) in [4.78, 5) is 0. The summed E-state index contributed by atoms with van der Waals surface area (Å²) in [6, 6.07) is 0. The summed E-state index contributed by atoms with van der Waals surface area (Å²) < 4.78 is 32.1. The van der Waals surface area contributed by atoms with E-state index in [1.54, 1.807) is 0 Å². The minimum absolute atomic E-state index is 0. The zero-order valence-electron chi connectivity index (χ0n) is 14.7. The van der Waals surface area contributed by atoms with Gasteiger partial charge in [-0.1, -0.05) is 64.7 Å². The van der Waals surface area contributed by atoms with Gasteiger partial charge in [-0.15, -0.1) is 0 Å². The minimum atomic E-state index is -4.09. The molecule has 1 N–H and O–H groups in total. The Hall–Kier alpha value is 0.870. The zero-order valence-corrected chi connectivity index (χ0v) is 17.5. The summed E-state index contributed by atoms with van der Waals surface area (Å²) in [5.41, 5.74) is 0. The van der Waals surface area contributed by atoms with Crippen LogP contribution < -0.4 is 29.6 Å². The van der Waals surface area contributed by atoms with Crippen molar-refractivity contribution in [2.45, 2.75) is 102 Å². The van der Waals surface area contributed by atoms with Crippen molar-refractivity contribution in [2.75, 3.05) is 0 Å².